The zero-order valence-corrected chi connectivity index (χ0v) is 10.4. The van der Waals surface area contributed by atoms with Crippen LogP contribution in [-0.4, -0.2) is 54.6 Å². The number of aryl methyl sites for hydroxylation is 1. The molecule has 1 saturated heterocycles. The van der Waals surface area contributed by atoms with Crippen LogP contribution in [0.2, 0.25) is 0 Å². The van der Waals surface area contributed by atoms with Gasteiger partial charge in [0.05, 0.1) is 11.2 Å². The minimum atomic E-state index is 1.17. The third-order valence-corrected chi connectivity index (χ3v) is 4.09. The topological polar surface area (TPSA) is 19.4 Å². The number of hydrogen-bond donors (Lipinski definition) is 0. The molecule has 0 bridgehead atoms. The van der Waals surface area contributed by atoms with E-state index >= 15 is 0 Å². The highest BCUT2D eigenvalue weighted by molar-refractivity contribution is 7.09. The van der Waals surface area contributed by atoms with Crippen LogP contribution in [0.15, 0.2) is 5.51 Å². The fourth-order valence-electron chi connectivity index (χ4n) is 1.90. The predicted octanol–water partition coefficient (Wildman–Crippen LogP) is 1.24. The maximum absolute atomic E-state index is 4.28. The lowest BCUT2D eigenvalue weighted by atomic mass is 10.2. The number of piperazine rings is 1. The molecule has 2 heterocycles. The Balaban J connectivity index is 1.77. The maximum Gasteiger partial charge on any atom is 0.0797 e. The van der Waals surface area contributed by atoms with Gasteiger partial charge in [0.2, 0.25) is 0 Å². The molecular formula is C11H19N3S. The lowest BCUT2D eigenvalue weighted by molar-refractivity contribution is 0.155. The van der Waals surface area contributed by atoms with Crippen LogP contribution in [0, 0.1) is 6.92 Å². The van der Waals surface area contributed by atoms with E-state index in [4.69, 9.17) is 0 Å². The highest BCUT2D eigenvalue weighted by atomic mass is 32.1. The van der Waals surface area contributed by atoms with Crippen LogP contribution in [0.4, 0.5) is 0 Å². The third-order valence-electron chi connectivity index (χ3n) is 3.10. The van der Waals surface area contributed by atoms with Crippen molar-refractivity contribution in [3.8, 4) is 0 Å². The zero-order chi connectivity index (χ0) is 10.7. The van der Waals surface area contributed by atoms with Gasteiger partial charge in [-0.2, -0.15) is 0 Å². The second kappa shape index (κ2) is 5.05. The van der Waals surface area contributed by atoms with Gasteiger partial charge < -0.3 is 9.80 Å². The minimum Gasteiger partial charge on any atom is -0.304 e. The minimum absolute atomic E-state index is 1.17. The summed E-state index contributed by atoms with van der Waals surface area (Å²) in [5.41, 5.74) is 3.17. The fraction of sp³-hybridized carbons (Fsp3) is 0.727. The van der Waals surface area contributed by atoms with E-state index in [0.29, 0.717) is 0 Å². The molecule has 4 heteroatoms. The molecule has 0 aliphatic carbocycles. The normalized spacial score (nSPS) is 19.6. The Hall–Kier alpha value is -0.450. The van der Waals surface area contributed by atoms with Crippen molar-refractivity contribution in [1.29, 1.82) is 0 Å². The molecule has 84 valence electrons. The summed E-state index contributed by atoms with van der Waals surface area (Å²) in [7, 11) is 2.20. The number of rotatable bonds is 3. The lowest BCUT2D eigenvalue weighted by Gasteiger charge is -2.32. The van der Waals surface area contributed by atoms with Crippen molar-refractivity contribution >= 4 is 11.3 Å². The molecule has 0 N–H and O–H groups in total. The second-order valence-corrected chi connectivity index (χ2v) is 5.20. The van der Waals surface area contributed by atoms with E-state index in [9.17, 15) is 0 Å². The van der Waals surface area contributed by atoms with Gasteiger partial charge in [-0.25, -0.2) is 4.98 Å². The zero-order valence-electron chi connectivity index (χ0n) is 9.57. The summed E-state index contributed by atoms with van der Waals surface area (Å²) in [4.78, 5) is 10.7. The molecule has 0 atom stereocenters. The molecule has 3 nitrogen and oxygen atoms in total. The molecule has 1 aromatic rings. The summed E-state index contributed by atoms with van der Waals surface area (Å²) >= 11 is 1.79. The molecule has 1 aliphatic rings. The van der Waals surface area contributed by atoms with Gasteiger partial charge >= 0.3 is 0 Å². The molecule has 1 aliphatic heterocycles. The van der Waals surface area contributed by atoms with E-state index in [1.165, 1.54) is 49.7 Å². The molecule has 0 radical (unpaired) electrons. The Morgan fingerprint density at radius 2 is 2.07 bits per heavy atom. The highest BCUT2D eigenvalue weighted by Gasteiger charge is 2.13. The van der Waals surface area contributed by atoms with E-state index in [0.717, 1.165) is 0 Å². The summed E-state index contributed by atoms with van der Waals surface area (Å²) < 4.78 is 0. The lowest BCUT2D eigenvalue weighted by Crippen LogP contribution is -2.45. The van der Waals surface area contributed by atoms with E-state index in [-0.39, 0.29) is 0 Å². The summed E-state index contributed by atoms with van der Waals surface area (Å²) in [6, 6.07) is 0. The van der Waals surface area contributed by atoms with Crippen molar-refractivity contribution in [2.45, 2.75) is 13.3 Å². The molecule has 0 amide bonds. The fourth-order valence-corrected chi connectivity index (χ4v) is 2.67. The number of aromatic nitrogens is 1. The Kier molecular flexibility index (Phi) is 3.72. The van der Waals surface area contributed by atoms with Crippen molar-refractivity contribution in [3.63, 3.8) is 0 Å². The van der Waals surface area contributed by atoms with Crippen LogP contribution >= 0.6 is 11.3 Å². The first kappa shape index (κ1) is 11.0. The van der Waals surface area contributed by atoms with Gasteiger partial charge in [0.25, 0.3) is 0 Å². The van der Waals surface area contributed by atoms with Crippen LogP contribution in [0.25, 0.3) is 0 Å². The molecule has 1 fully saturated rings. The first-order chi connectivity index (χ1) is 7.25. The Bertz CT molecular complexity index is 303. The first-order valence-corrected chi connectivity index (χ1v) is 6.43. The molecule has 1 aromatic heterocycles. The predicted molar refractivity (Wildman–Crippen MR) is 64.5 cm³/mol. The summed E-state index contributed by atoms with van der Waals surface area (Å²) in [6.45, 7) is 8.15. The quantitative estimate of drug-likeness (QED) is 0.771. The second-order valence-electron chi connectivity index (χ2n) is 4.26. The van der Waals surface area contributed by atoms with Gasteiger partial charge in [0.1, 0.15) is 0 Å². The number of likely N-dealkylation sites (N-methyl/N-ethyl adjacent to an activating group) is 1. The Morgan fingerprint density at radius 1 is 1.33 bits per heavy atom. The van der Waals surface area contributed by atoms with Gasteiger partial charge in [-0.1, -0.05) is 0 Å². The molecule has 0 unspecified atom stereocenters. The molecular weight excluding hydrogens is 206 g/mol. The number of thiazole rings is 1. The highest BCUT2D eigenvalue weighted by Crippen LogP contribution is 2.13. The largest absolute Gasteiger partial charge is 0.304 e. The van der Waals surface area contributed by atoms with Crippen LogP contribution in [-0.2, 0) is 6.42 Å². The maximum atomic E-state index is 4.28. The van der Waals surface area contributed by atoms with Crippen molar-refractivity contribution in [3.05, 3.63) is 16.1 Å². The van der Waals surface area contributed by atoms with Gasteiger partial charge in [-0.15, -0.1) is 11.3 Å². The first-order valence-electron chi connectivity index (χ1n) is 5.55. The smallest absolute Gasteiger partial charge is 0.0797 e. The molecule has 0 spiro atoms. The third kappa shape index (κ3) is 3.00. The SMILES string of the molecule is Cc1ncsc1CCN1CCN(C)CC1. The van der Waals surface area contributed by atoms with Gasteiger partial charge in [0, 0.05) is 37.6 Å². The molecule has 15 heavy (non-hydrogen) atoms. The Morgan fingerprint density at radius 3 is 2.67 bits per heavy atom. The standard InChI is InChI=1S/C11H19N3S/c1-10-11(15-9-12-10)3-4-14-7-5-13(2)6-8-14/h9H,3-8H2,1-2H3. The van der Waals surface area contributed by atoms with E-state index in [1.807, 2.05) is 5.51 Å². The van der Waals surface area contributed by atoms with Crippen LogP contribution in [0.1, 0.15) is 10.6 Å². The average Bonchev–Trinajstić information content (AvgIpc) is 2.63. The van der Waals surface area contributed by atoms with Crippen LogP contribution < -0.4 is 0 Å². The van der Waals surface area contributed by atoms with E-state index in [2.05, 4.69) is 28.8 Å². The van der Waals surface area contributed by atoms with Crippen molar-refractivity contribution in [1.82, 2.24) is 14.8 Å². The van der Waals surface area contributed by atoms with Gasteiger partial charge in [0.15, 0.2) is 0 Å². The van der Waals surface area contributed by atoms with Crippen molar-refractivity contribution in [2.24, 2.45) is 0 Å². The van der Waals surface area contributed by atoms with E-state index < -0.39 is 0 Å². The molecule has 0 aromatic carbocycles. The van der Waals surface area contributed by atoms with Crippen molar-refractivity contribution < 1.29 is 0 Å². The summed E-state index contributed by atoms with van der Waals surface area (Å²) in [5, 5.41) is 0. The summed E-state index contributed by atoms with van der Waals surface area (Å²) in [6.07, 6.45) is 1.17. The van der Waals surface area contributed by atoms with Crippen LogP contribution in [0.5, 0.6) is 0 Å². The number of hydrogen-bond acceptors (Lipinski definition) is 4. The summed E-state index contributed by atoms with van der Waals surface area (Å²) in [5.74, 6) is 0. The molecule has 2 rings (SSSR count). The van der Waals surface area contributed by atoms with Gasteiger partial charge in [-0.05, 0) is 20.4 Å². The Labute approximate surface area is 95.7 Å². The van der Waals surface area contributed by atoms with Crippen LogP contribution in [0.3, 0.4) is 0 Å². The van der Waals surface area contributed by atoms with E-state index in [1.54, 1.807) is 11.3 Å². The van der Waals surface area contributed by atoms with Gasteiger partial charge in [-0.3, -0.25) is 0 Å². The average molecular weight is 225 g/mol. The van der Waals surface area contributed by atoms with Crippen molar-refractivity contribution in [2.75, 3.05) is 39.8 Å². The molecule has 0 saturated carbocycles. The number of nitrogens with zero attached hydrogens (tertiary/aromatic N) is 3. The monoisotopic (exact) mass is 225 g/mol.